The Morgan fingerprint density at radius 1 is 1.05 bits per heavy atom. The average molecular weight is 267 g/mol. The maximum Gasteiger partial charge on any atom is 0.0700 e. The van der Waals surface area contributed by atoms with Crippen LogP contribution in [0.1, 0.15) is 66.2 Å². The minimum atomic E-state index is -0.126. The van der Waals surface area contributed by atoms with Crippen molar-refractivity contribution in [1.82, 2.24) is 4.90 Å². The first-order valence-electron chi connectivity index (χ1n) is 8.20. The SMILES string of the molecule is CC1CC(C)C(N(C)C2CCC(C)(C)CC2)C(O)C1. The van der Waals surface area contributed by atoms with E-state index >= 15 is 0 Å². The van der Waals surface area contributed by atoms with Gasteiger partial charge in [-0.15, -0.1) is 0 Å². The highest BCUT2D eigenvalue weighted by Gasteiger charge is 2.39. The summed E-state index contributed by atoms with van der Waals surface area (Å²) in [5.41, 5.74) is 0.530. The van der Waals surface area contributed by atoms with Crippen LogP contribution in [0.15, 0.2) is 0 Å². The summed E-state index contributed by atoms with van der Waals surface area (Å²) >= 11 is 0. The van der Waals surface area contributed by atoms with E-state index < -0.39 is 0 Å². The zero-order valence-corrected chi connectivity index (χ0v) is 13.5. The van der Waals surface area contributed by atoms with E-state index in [2.05, 4.69) is 39.6 Å². The predicted octanol–water partition coefficient (Wildman–Crippen LogP) is 3.68. The summed E-state index contributed by atoms with van der Waals surface area (Å²) in [6, 6.07) is 1.06. The van der Waals surface area contributed by atoms with Crippen LogP contribution in [0.2, 0.25) is 0 Å². The Labute approximate surface area is 119 Å². The third kappa shape index (κ3) is 3.52. The summed E-state index contributed by atoms with van der Waals surface area (Å²) in [6.07, 6.45) is 7.38. The van der Waals surface area contributed by atoms with Crippen LogP contribution in [0.3, 0.4) is 0 Å². The highest BCUT2D eigenvalue weighted by Crippen LogP contribution is 2.39. The number of aliphatic hydroxyl groups is 1. The molecule has 0 amide bonds. The standard InChI is InChI=1S/C17H33NO/c1-12-10-13(2)16(15(19)11-12)18(5)14-6-8-17(3,4)9-7-14/h12-16,19H,6-11H2,1-5H3. The number of likely N-dealkylation sites (N-methyl/N-ethyl adjacent to an activating group) is 1. The van der Waals surface area contributed by atoms with Crippen molar-refractivity contribution in [2.75, 3.05) is 7.05 Å². The monoisotopic (exact) mass is 267 g/mol. The second-order valence-corrected chi connectivity index (χ2v) is 8.17. The molecule has 2 saturated carbocycles. The normalized spacial score (nSPS) is 40.6. The Morgan fingerprint density at radius 3 is 2.16 bits per heavy atom. The average Bonchev–Trinajstić information content (AvgIpc) is 2.27. The van der Waals surface area contributed by atoms with Crippen LogP contribution in [0.5, 0.6) is 0 Å². The van der Waals surface area contributed by atoms with E-state index in [0.29, 0.717) is 29.3 Å². The van der Waals surface area contributed by atoms with Crippen molar-refractivity contribution in [3.8, 4) is 0 Å². The maximum atomic E-state index is 10.5. The van der Waals surface area contributed by atoms with Crippen LogP contribution in [0.25, 0.3) is 0 Å². The van der Waals surface area contributed by atoms with Gasteiger partial charge in [-0.05, 0) is 62.8 Å². The van der Waals surface area contributed by atoms with Crippen molar-refractivity contribution in [1.29, 1.82) is 0 Å². The first-order chi connectivity index (χ1) is 8.80. The van der Waals surface area contributed by atoms with Crippen LogP contribution in [0.4, 0.5) is 0 Å². The Morgan fingerprint density at radius 2 is 1.63 bits per heavy atom. The molecule has 112 valence electrons. The van der Waals surface area contributed by atoms with Gasteiger partial charge in [-0.3, -0.25) is 4.90 Å². The number of hydrogen-bond acceptors (Lipinski definition) is 2. The van der Waals surface area contributed by atoms with E-state index in [-0.39, 0.29) is 6.10 Å². The lowest BCUT2D eigenvalue weighted by Crippen LogP contribution is -2.54. The van der Waals surface area contributed by atoms with Crippen molar-refractivity contribution in [2.45, 2.75) is 84.4 Å². The molecule has 0 aromatic carbocycles. The van der Waals surface area contributed by atoms with Crippen molar-refractivity contribution >= 4 is 0 Å². The van der Waals surface area contributed by atoms with Gasteiger partial charge < -0.3 is 5.11 Å². The first kappa shape index (κ1) is 15.3. The number of rotatable bonds is 2. The summed E-state index contributed by atoms with van der Waals surface area (Å²) in [4.78, 5) is 2.52. The second-order valence-electron chi connectivity index (χ2n) is 8.17. The molecular formula is C17H33NO. The van der Waals surface area contributed by atoms with Gasteiger partial charge in [-0.2, -0.15) is 0 Å². The largest absolute Gasteiger partial charge is 0.391 e. The van der Waals surface area contributed by atoms with E-state index in [9.17, 15) is 5.11 Å². The summed E-state index contributed by atoms with van der Waals surface area (Å²) in [5.74, 6) is 1.30. The van der Waals surface area contributed by atoms with E-state index in [1.807, 2.05) is 0 Å². The van der Waals surface area contributed by atoms with Crippen LogP contribution in [-0.2, 0) is 0 Å². The lowest BCUT2D eigenvalue weighted by Gasteiger charge is -2.47. The van der Waals surface area contributed by atoms with Gasteiger partial charge in [0, 0.05) is 12.1 Å². The number of nitrogens with zero attached hydrogens (tertiary/aromatic N) is 1. The van der Waals surface area contributed by atoms with Gasteiger partial charge in [-0.25, -0.2) is 0 Å². The van der Waals surface area contributed by atoms with Crippen molar-refractivity contribution in [3.63, 3.8) is 0 Å². The van der Waals surface area contributed by atoms with Gasteiger partial charge in [0.15, 0.2) is 0 Å². The first-order valence-corrected chi connectivity index (χ1v) is 8.20. The Bertz CT molecular complexity index is 280. The van der Waals surface area contributed by atoms with Crippen molar-refractivity contribution in [2.24, 2.45) is 17.3 Å². The molecule has 2 nitrogen and oxygen atoms in total. The topological polar surface area (TPSA) is 23.5 Å². The highest BCUT2D eigenvalue weighted by molar-refractivity contribution is 4.93. The molecule has 2 rings (SSSR count). The summed E-state index contributed by atoms with van der Waals surface area (Å²) in [5, 5.41) is 10.5. The van der Waals surface area contributed by atoms with Gasteiger partial charge in [-0.1, -0.05) is 27.7 Å². The zero-order chi connectivity index (χ0) is 14.2. The molecule has 19 heavy (non-hydrogen) atoms. The third-order valence-electron chi connectivity index (χ3n) is 5.75. The quantitative estimate of drug-likeness (QED) is 0.825. The smallest absolute Gasteiger partial charge is 0.0700 e. The van der Waals surface area contributed by atoms with Crippen LogP contribution in [-0.4, -0.2) is 35.2 Å². The van der Waals surface area contributed by atoms with E-state index in [1.165, 1.54) is 32.1 Å². The Hall–Kier alpha value is -0.0800. The molecule has 0 aromatic heterocycles. The fraction of sp³-hybridized carbons (Fsp3) is 1.00. The molecule has 4 unspecified atom stereocenters. The van der Waals surface area contributed by atoms with Gasteiger partial charge >= 0.3 is 0 Å². The highest BCUT2D eigenvalue weighted by atomic mass is 16.3. The summed E-state index contributed by atoms with van der Waals surface area (Å²) in [6.45, 7) is 9.39. The molecule has 2 fully saturated rings. The van der Waals surface area contributed by atoms with Crippen molar-refractivity contribution < 1.29 is 5.11 Å². The van der Waals surface area contributed by atoms with E-state index in [0.717, 1.165) is 6.42 Å². The minimum Gasteiger partial charge on any atom is -0.391 e. The minimum absolute atomic E-state index is 0.126. The van der Waals surface area contributed by atoms with Crippen molar-refractivity contribution in [3.05, 3.63) is 0 Å². The lowest BCUT2D eigenvalue weighted by molar-refractivity contribution is -0.0408. The number of aliphatic hydroxyl groups excluding tert-OH is 1. The molecular weight excluding hydrogens is 234 g/mol. The fourth-order valence-corrected chi connectivity index (χ4v) is 4.51. The van der Waals surface area contributed by atoms with Crippen LogP contribution < -0.4 is 0 Å². The molecule has 0 saturated heterocycles. The fourth-order valence-electron chi connectivity index (χ4n) is 4.51. The molecule has 0 radical (unpaired) electrons. The van der Waals surface area contributed by atoms with Gasteiger partial charge in [0.05, 0.1) is 6.10 Å². The second kappa shape index (κ2) is 5.73. The zero-order valence-electron chi connectivity index (χ0n) is 13.5. The molecule has 0 aliphatic heterocycles. The summed E-state index contributed by atoms with van der Waals surface area (Å²) in [7, 11) is 2.25. The predicted molar refractivity (Wildman–Crippen MR) is 81.2 cm³/mol. The lowest BCUT2D eigenvalue weighted by atomic mass is 9.73. The van der Waals surface area contributed by atoms with Gasteiger partial charge in [0.1, 0.15) is 0 Å². The van der Waals surface area contributed by atoms with Gasteiger partial charge in [0.25, 0.3) is 0 Å². The molecule has 2 aliphatic rings. The molecule has 0 bridgehead atoms. The number of hydrogen-bond donors (Lipinski definition) is 1. The molecule has 4 atom stereocenters. The molecule has 1 N–H and O–H groups in total. The van der Waals surface area contributed by atoms with E-state index in [4.69, 9.17) is 0 Å². The summed E-state index contributed by atoms with van der Waals surface area (Å²) < 4.78 is 0. The third-order valence-corrected chi connectivity index (χ3v) is 5.75. The maximum absolute atomic E-state index is 10.5. The van der Waals surface area contributed by atoms with Crippen LogP contribution in [0, 0.1) is 17.3 Å². The van der Waals surface area contributed by atoms with E-state index in [1.54, 1.807) is 0 Å². The Balaban J connectivity index is 1.97. The van der Waals surface area contributed by atoms with Crippen LogP contribution >= 0.6 is 0 Å². The van der Waals surface area contributed by atoms with Gasteiger partial charge in [0.2, 0.25) is 0 Å². The molecule has 0 aromatic rings. The Kier molecular flexibility index (Phi) is 4.62. The molecule has 0 spiro atoms. The molecule has 2 aliphatic carbocycles. The molecule has 0 heterocycles. The molecule has 2 heteroatoms.